The number of ether oxygens (including phenoxy) is 1. The summed E-state index contributed by atoms with van der Waals surface area (Å²) in [5, 5.41) is 13.8. The van der Waals surface area contributed by atoms with Gasteiger partial charge in [-0.1, -0.05) is 31.2 Å². The maximum atomic E-state index is 13.9. The number of amides is 2. The van der Waals surface area contributed by atoms with E-state index in [4.69, 9.17) is 9.72 Å². The monoisotopic (exact) mass is 605 g/mol. The fraction of sp³-hybridized carbons (Fsp3) is 0.371. The quantitative estimate of drug-likeness (QED) is 0.317. The van der Waals surface area contributed by atoms with Crippen molar-refractivity contribution in [3.8, 4) is 23.1 Å². The first-order valence-corrected chi connectivity index (χ1v) is 15.7. The molecule has 4 heterocycles. The van der Waals surface area contributed by atoms with E-state index in [1.54, 1.807) is 16.8 Å². The summed E-state index contributed by atoms with van der Waals surface area (Å²) in [6, 6.07) is 21.1. The van der Waals surface area contributed by atoms with Crippen molar-refractivity contribution in [1.82, 2.24) is 24.7 Å². The number of nitrogens with one attached hydrogen (secondary N) is 1. The van der Waals surface area contributed by atoms with Crippen LogP contribution in [0.15, 0.2) is 66.9 Å². The highest BCUT2D eigenvalue weighted by molar-refractivity contribution is 5.99. The second-order valence-electron chi connectivity index (χ2n) is 11.7. The molecular formula is C35H39N7O3. The van der Waals surface area contributed by atoms with Crippen LogP contribution >= 0.6 is 0 Å². The molecule has 2 aromatic heterocycles. The van der Waals surface area contributed by atoms with Crippen LogP contribution in [0, 0.1) is 11.3 Å². The summed E-state index contributed by atoms with van der Waals surface area (Å²) >= 11 is 0. The Morgan fingerprint density at radius 2 is 1.87 bits per heavy atom. The third kappa shape index (κ3) is 5.96. The van der Waals surface area contributed by atoms with E-state index >= 15 is 0 Å². The Labute approximate surface area is 263 Å². The molecule has 0 bridgehead atoms. The highest BCUT2D eigenvalue weighted by Crippen LogP contribution is 2.33. The highest BCUT2D eigenvalue weighted by atomic mass is 16.5. The van der Waals surface area contributed by atoms with Crippen molar-refractivity contribution in [3.63, 3.8) is 0 Å². The third-order valence-electron chi connectivity index (χ3n) is 8.85. The Bertz CT molecular complexity index is 1760. The molecule has 0 spiro atoms. The first-order valence-electron chi connectivity index (χ1n) is 15.7. The van der Waals surface area contributed by atoms with Gasteiger partial charge in [0, 0.05) is 55.4 Å². The number of fused-ring (bicyclic) bond motifs is 1. The molecule has 10 heteroatoms. The number of pyridine rings is 1. The summed E-state index contributed by atoms with van der Waals surface area (Å²) in [6.07, 6.45) is 3.40. The average molecular weight is 606 g/mol. The second kappa shape index (κ2) is 13.0. The number of carbonyl (C=O) groups is 2. The Kier molecular flexibility index (Phi) is 8.71. The third-order valence-corrected chi connectivity index (χ3v) is 8.85. The predicted molar refractivity (Wildman–Crippen MR) is 175 cm³/mol. The maximum absolute atomic E-state index is 13.9. The number of hydrogen-bond acceptors (Lipinski definition) is 7. The molecule has 0 saturated carbocycles. The molecule has 2 atom stereocenters. The van der Waals surface area contributed by atoms with Gasteiger partial charge in [-0.05, 0) is 69.8 Å². The number of hydrogen-bond donors (Lipinski definition) is 1. The van der Waals surface area contributed by atoms with Crippen molar-refractivity contribution in [3.05, 3.63) is 78.1 Å². The van der Waals surface area contributed by atoms with Gasteiger partial charge in [-0.25, -0.2) is 9.78 Å². The van der Waals surface area contributed by atoms with E-state index in [0.717, 1.165) is 48.3 Å². The van der Waals surface area contributed by atoms with Crippen LogP contribution in [-0.2, 0) is 0 Å². The van der Waals surface area contributed by atoms with Gasteiger partial charge in [0.05, 0.1) is 29.1 Å². The molecule has 45 heavy (non-hydrogen) atoms. The van der Waals surface area contributed by atoms with Crippen LogP contribution in [0.5, 0.6) is 5.75 Å². The first kappa shape index (κ1) is 30.2. The molecule has 0 aliphatic carbocycles. The Hall–Kier alpha value is -4.88. The number of likely N-dealkylation sites (tertiary alicyclic amines) is 1. The Morgan fingerprint density at radius 1 is 1.02 bits per heavy atom. The average Bonchev–Trinajstić information content (AvgIpc) is 3.70. The van der Waals surface area contributed by atoms with E-state index in [-0.39, 0.29) is 24.0 Å². The second-order valence-corrected chi connectivity index (χ2v) is 11.7. The maximum Gasteiger partial charge on any atom is 0.328 e. The molecule has 2 fully saturated rings. The van der Waals surface area contributed by atoms with Crippen LogP contribution in [-0.4, -0.2) is 89.8 Å². The lowest BCUT2D eigenvalue weighted by molar-refractivity contribution is 0.0933. The van der Waals surface area contributed by atoms with E-state index in [2.05, 4.69) is 35.2 Å². The van der Waals surface area contributed by atoms with E-state index in [1.165, 1.54) is 0 Å². The smallest absolute Gasteiger partial charge is 0.328 e. The van der Waals surface area contributed by atoms with E-state index in [1.807, 2.05) is 66.4 Å². The van der Waals surface area contributed by atoms with E-state index in [9.17, 15) is 14.9 Å². The molecule has 0 radical (unpaired) electrons. The number of likely N-dealkylation sites (N-methyl/N-ethyl adjacent to an activating group) is 1. The standard InChI is InChI=1S/C35H39N7O3/c1-4-27-23-40(35(44)42-18-15-24-9-8-10-25(21-36)33(24)42)19-20-41(27)30-14-13-29(28-11-6-7-12-31(28)45-5-2)38-32(30)34(43)37-26-16-17-39(3)22-26/h6-15,18,26-27H,4-5,16-17,19-20,22-23H2,1-3H3,(H,37,43)/t26-,27-/m1/s1. The van der Waals surface area contributed by atoms with Crippen molar-refractivity contribution in [2.45, 2.75) is 38.8 Å². The van der Waals surface area contributed by atoms with Crippen LogP contribution in [0.3, 0.4) is 0 Å². The number of para-hydroxylation sites is 2. The number of anilines is 1. The van der Waals surface area contributed by atoms with Gasteiger partial charge < -0.3 is 24.8 Å². The molecule has 2 saturated heterocycles. The minimum absolute atomic E-state index is 0.0347. The number of benzene rings is 2. The van der Waals surface area contributed by atoms with Crippen LogP contribution in [0.2, 0.25) is 0 Å². The molecule has 10 nitrogen and oxygen atoms in total. The van der Waals surface area contributed by atoms with Gasteiger partial charge in [-0.2, -0.15) is 5.26 Å². The zero-order valence-electron chi connectivity index (χ0n) is 26.1. The number of nitriles is 1. The van der Waals surface area contributed by atoms with E-state index < -0.39 is 0 Å². The number of nitrogens with zero attached hydrogens (tertiary/aromatic N) is 6. The Balaban J connectivity index is 1.31. The fourth-order valence-corrected chi connectivity index (χ4v) is 6.56. The van der Waals surface area contributed by atoms with Gasteiger partial charge in [-0.15, -0.1) is 0 Å². The minimum atomic E-state index is -0.197. The molecule has 1 N–H and O–H groups in total. The van der Waals surface area contributed by atoms with Gasteiger partial charge in [0.15, 0.2) is 5.69 Å². The topological polar surface area (TPSA) is 107 Å². The molecule has 0 unspecified atom stereocenters. The fourth-order valence-electron chi connectivity index (χ4n) is 6.56. The summed E-state index contributed by atoms with van der Waals surface area (Å²) < 4.78 is 7.47. The van der Waals surface area contributed by atoms with Gasteiger partial charge in [0.25, 0.3) is 5.91 Å². The lowest BCUT2D eigenvalue weighted by Gasteiger charge is -2.43. The normalized spacial score (nSPS) is 18.6. The zero-order valence-corrected chi connectivity index (χ0v) is 26.1. The van der Waals surface area contributed by atoms with Crippen LogP contribution in [0.1, 0.15) is 42.7 Å². The van der Waals surface area contributed by atoms with Gasteiger partial charge in [0.1, 0.15) is 11.8 Å². The predicted octanol–water partition coefficient (Wildman–Crippen LogP) is 4.98. The molecule has 232 valence electrons. The summed E-state index contributed by atoms with van der Waals surface area (Å²) in [6.45, 7) is 7.79. The van der Waals surface area contributed by atoms with E-state index in [0.29, 0.717) is 48.7 Å². The van der Waals surface area contributed by atoms with Gasteiger partial charge >= 0.3 is 6.03 Å². The highest BCUT2D eigenvalue weighted by Gasteiger charge is 2.33. The number of carbonyl (C=O) groups excluding carboxylic acids is 2. The number of rotatable bonds is 7. The van der Waals surface area contributed by atoms with Gasteiger partial charge in [-0.3, -0.25) is 9.36 Å². The minimum Gasteiger partial charge on any atom is -0.493 e. The summed E-state index contributed by atoms with van der Waals surface area (Å²) in [5.41, 5.74) is 3.74. The molecule has 4 aromatic rings. The lowest BCUT2D eigenvalue weighted by atomic mass is 10.0. The van der Waals surface area contributed by atoms with Crippen molar-refractivity contribution in [2.24, 2.45) is 0 Å². The Morgan fingerprint density at radius 3 is 2.62 bits per heavy atom. The zero-order chi connectivity index (χ0) is 31.5. The SMILES string of the molecule is CCOc1ccccc1-c1ccc(N2CCN(C(=O)n3ccc4cccc(C#N)c43)C[C@H]2CC)c(C(=O)N[C@@H]2CCN(C)C2)n1. The molecule has 2 aliphatic rings. The van der Waals surface area contributed by atoms with Crippen molar-refractivity contribution >= 4 is 28.5 Å². The van der Waals surface area contributed by atoms with Crippen LogP contribution < -0.4 is 15.0 Å². The number of piperazine rings is 1. The summed E-state index contributed by atoms with van der Waals surface area (Å²) in [5.74, 6) is 0.525. The summed E-state index contributed by atoms with van der Waals surface area (Å²) in [4.78, 5) is 39.0. The van der Waals surface area contributed by atoms with Crippen molar-refractivity contribution in [1.29, 1.82) is 5.26 Å². The van der Waals surface area contributed by atoms with Crippen LogP contribution in [0.25, 0.3) is 22.2 Å². The molecule has 2 amide bonds. The molecule has 6 rings (SSSR count). The summed E-state index contributed by atoms with van der Waals surface area (Å²) in [7, 11) is 2.06. The largest absolute Gasteiger partial charge is 0.493 e. The molecule has 2 aromatic carbocycles. The van der Waals surface area contributed by atoms with Crippen LogP contribution in [0.4, 0.5) is 10.5 Å². The number of aromatic nitrogens is 2. The first-order chi connectivity index (χ1) is 21.9. The molecular weight excluding hydrogens is 566 g/mol. The lowest BCUT2D eigenvalue weighted by Crippen LogP contribution is -2.56. The molecule has 2 aliphatic heterocycles. The van der Waals surface area contributed by atoms with Crippen molar-refractivity contribution < 1.29 is 14.3 Å². The van der Waals surface area contributed by atoms with Crippen molar-refractivity contribution in [2.75, 3.05) is 51.3 Å². The van der Waals surface area contributed by atoms with Gasteiger partial charge in [0.2, 0.25) is 0 Å².